The molecule has 0 fully saturated rings. The Hall–Kier alpha value is -0.790. The van der Waals surface area contributed by atoms with Gasteiger partial charge in [0.05, 0.1) is 6.61 Å². The van der Waals surface area contributed by atoms with Crippen LogP contribution < -0.4 is 0 Å². The quantitative estimate of drug-likeness (QED) is 0.357. The van der Waals surface area contributed by atoms with Crippen LogP contribution in [0.4, 0.5) is 0 Å². The number of allylic oxidation sites excluding steroid dienone is 6. The summed E-state index contributed by atoms with van der Waals surface area (Å²) >= 11 is 5.66. The highest BCUT2D eigenvalue weighted by atomic mass is 35.5. The second kappa shape index (κ2) is 12.7. The van der Waals surface area contributed by atoms with E-state index in [0.29, 0.717) is 5.92 Å². The van der Waals surface area contributed by atoms with Gasteiger partial charge in [0.25, 0.3) is 0 Å². The Morgan fingerprint density at radius 2 is 1.59 bits per heavy atom. The van der Waals surface area contributed by atoms with E-state index >= 15 is 0 Å². The normalized spacial score (nSPS) is 14.9. The predicted molar refractivity (Wildman–Crippen MR) is 100 cm³/mol. The highest BCUT2D eigenvalue weighted by molar-refractivity contribution is 6.25. The van der Waals surface area contributed by atoms with E-state index in [0.717, 1.165) is 31.3 Å². The molecule has 0 heterocycles. The van der Waals surface area contributed by atoms with E-state index in [1.54, 1.807) is 5.54 Å². The number of halogens is 1. The summed E-state index contributed by atoms with van der Waals surface area (Å²) in [5.74, 6) is 0.404. The Morgan fingerprint density at radius 3 is 2.14 bits per heavy atom. The van der Waals surface area contributed by atoms with Crippen molar-refractivity contribution in [2.75, 3.05) is 6.61 Å². The van der Waals surface area contributed by atoms with Gasteiger partial charge in [-0.1, -0.05) is 60.4 Å². The van der Waals surface area contributed by atoms with Gasteiger partial charge in [-0.25, -0.2) is 0 Å². The van der Waals surface area contributed by atoms with Crippen LogP contribution >= 0.6 is 11.6 Å². The lowest BCUT2D eigenvalue weighted by molar-refractivity contribution is 0.318. The van der Waals surface area contributed by atoms with Gasteiger partial charge in [-0.15, -0.1) is 0 Å². The molecular weight excluding hydrogens is 292 g/mol. The molecule has 0 unspecified atom stereocenters. The molecule has 1 N–H and O–H groups in total. The Kier molecular flexibility index (Phi) is 12.3. The third-order valence-electron chi connectivity index (χ3n) is 3.87. The van der Waals surface area contributed by atoms with Crippen molar-refractivity contribution in [1.82, 2.24) is 0 Å². The number of hydrogen-bond acceptors (Lipinski definition) is 1. The predicted octanol–water partition coefficient (Wildman–Crippen LogP) is 6.55. The summed E-state index contributed by atoms with van der Waals surface area (Å²) in [6.45, 7) is 10.8. The molecule has 22 heavy (non-hydrogen) atoms. The maximum absolute atomic E-state index is 9.28. The van der Waals surface area contributed by atoms with Gasteiger partial charge in [-0.05, 0) is 64.4 Å². The fourth-order valence-corrected chi connectivity index (χ4v) is 2.22. The zero-order valence-electron chi connectivity index (χ0n) is 15.0. The standard InChI is InChI=1S/C20H33ClO/c1-16(2)20(15-22)13-12-18(4)10-6-8-17(3)9-7-11-19(5)14-21/h8,12-14,16,22H,6-7,9-11,15H2,1-5H3. The maximum Gasteiger partial charge on any atom is 0.0647 e. The molecule has 0 atom stereocenters. The molecule has 0 aromatic rings. The second-order valence-electron chi connectivity index (χ2n) is 6.47. The molecule has 2 heteroatoms. The van der Waals surface area contributed by atoms with Crippen LogP contribution in [0.1, 0.15) is 66.7 Å². The van der Waals surface area contributed by atoms with Crippen LogP contribution in [-0.2, 0) is 0 Å². The van der Waals surface area contributed by atoms with Crippen LogP contribution in [0, 0.1) is 5.92 Å². The van der Waals surface area contributed by atoms with Gasteiger partial charge >= 0.3 is 0 Å². The Labute approximate surface area is 142 Å². The first-order chi connectivity index (χ1) is 10.4. The fraction of sp³-hybridized carbons (Fsp3) is 0.600. The number of hydrogen-bond donors (Lipinski definition) is 1. The molecule has 0 saturated carbocycles. The molecular formula is C20H33ClO. The first kappa shape index (κ1) is 21.2. The SMILES string of the molecule is CC(=CC=C(CO)C(C)C)CCC=C(C)CCCC(C)=CCl. The molecule has 0 amide bonds. The van der Waals surface area contributed by atoms with E-state index in [1.165, 1.54) is 23.1 Å². The monoisotopic (exact) mass is 324 g/mol. The van der Waals surface area contributed by atoms with Crippen molar-refractivity contribution in [3.05, 3.63) is 46.1 Å². The number of rotatable bonds is 10. The largest absolute Gasteiger partial charge is 0.392 e. The van der Waals surface area contributed by atoms with E-state index in [9.17, 15) is 5.11 Å². The molecule has 0 bridgehead atoms. The molecule has 1 nitrogen and oxygen atoms in total. The van der Waals surface area contributed by atoms with Crippen LogP contribution in [0.5, 0.6) is 0 Å². The molecule has 0 saturated heterocycles. The number of aliphatic hydroxyl groups excluding tert-OH is 1. The zero-order chi connectivity index (χ0) is 17.0. The molecule has 126 valence electrons. The molecule has 0 rings (SSSR count). The lowest BCUT2D eigenvalue weighted by atomic mass is 10.0. The third-order valence-corrected chi connectivity index (χ3v) is 4.24. The molecule has 0 spiro atoms. The summed E-state index contributed by atoms with van der Waals surface area (Å²) < 4.78 is 0. The van der Waals surface area contributed by atoms with Crippen molar-refractivity contribution in [3.63, 3.8) is 0 Å². The second-order valence-corrected chi connectivity index (χ2v) is 6.68. The summed E-state index contributed by atoms with van der Waals surface area (Å²) in [5.41, 5.74) is 6.84. The first-order valence-electron chi connectivity index (χ1n) is 8.29. The van der Waals surface area contributed by atoms with Gasteiger partial charge in [0.1, 0.15) is 0 Å². The van der Waals surface area contributed by atoms with Gasteiger partial charge < -0.3 is 5.11 Å². The Balaban J connectivity index is 4.18. The van der Waals surface area contributed by atoms with Crippen LogP contribution in [0.2, 0.25) is 0 Å². The van der Waals surface area contributed by atoms with Crippen LogP contribution in [-0.4, -0.2) is 11.7 Å². The van der Waals surface area contributed by atoms with Gasteiger partial charge in [-0.3, -0.25) is 0 Å². The Morgan fingerprint density at radius 1 is 0.955 bits per heavy atom. The zero-order valence-corrected chi connectivity index (χ0v) is 15.7. The minimum Gasteiger partial charge on any atom is -0.392 e. The minimum atomic E-state index is 0.149. The van der Waals surface area contributed by atoms with Crippen molar-refractivity contribution in [2.45, 2.75) is 66.7 Å². The van der Waals surface area contributed by atoms with Crippen molar-refractivity contribution < 1.29 is 5.11 Å². The fourth-order valence-electron chi connectivity index (χ4n) is 2.11. The van der Waals surface area contributed by atoms with Crippen LogP contribution in [0.3, 0.4) is 0 Å². The molecule has 0 aliphatic heterocycles. The molecule has 0 aromatic carbocycles. The van der Waals surface area contributed by atoms with E-state index in [1.807, 2.05) is 0 Å². The summed E-state index contributed by atoms with van der Waals surface area (Å²) in [6, 6.07) is 0. The van der Waals surface area contributed by atoms with Gasteiger partial charge in [-0.2, -0.15) is 0 Å². The highest BCUT2D eigenvalue weighted by Gasteiger charge is 1.99. The van der Waals surface area contributed by atoms with Gasteiger partial charge in [0, 0.05) is 5.54 Å². The minimum absolute atomic E-state index is 0.149. The summed E-state index contributed by atoms with van der Waals surface area (Å²) in [7, 11) is 0. The van der Waals surface area contributed by atoms with Gasteiger partial charge in [0.2, 0.25) is 0 Å². The molecule has 0 radical (unpaired) electrons. The lowest BCUT2D eigenvalue weighted by Gasteiger charge is -2.06. The maximum atomic E-state index is 9.28. The number of aliphatic hydroxyl groups is 1. The highest BCUT2D eigenvalue weighted by Crippen LogP contribution is 2.15. The molecule has 0 aliphatic rings. The van der Waals surface area contributed by atoms with Crippen molar-refractivity contribution >= 4 is 11.6 Å². The van der Waals surface area contributed by atoms with E-state index in [2.05, 4.69) is 52.8 Å². The van der Waals surface area contributed by atoms with Crippen molar-refractivity contribution in [3.8, 4) is 0 Å². The molecule has 0 aromatic heterocycles. The average Bonchev–Trinajstić information content (AvgIpc) is 2.47. The van der Waals surface area contributed by atoms with Crippen LogP contribution in [0.15, 0.2) is 46.1 Å². The Bertz CT molecular complexity index is 425. The van der Waals surface area contributed by atoms with Gasteiger partial charge in [0.15, 0.2) is 0 Å². The summed E-state index contributed by atoms with van der Waals surface area (Å²) in [4.78, 5) is 0. The van der Waals surface area contributed by atoms with Crippen molar-refractivity contribution in [1.29, 1.82) is 0 Å². The van der Waals surface area contributed by atoms with E-state index in [-0.39, 0.29) is 6.61 Å². The van der Waals surface area contributed by atoms with Crippen molar-refractivity contribution in [2.24, 2.45) is 5.92 Å². The third kappa shape index (κ3) is 10.9. The van der Waals surface area contributed by atoms with Crippen LogP contribution in [0.25, 0.3) is 0 Å². The average molecular weight is 325 g/mol. The van der Waals surface area contributed by atoms with E-state index < -0.39 is 0 Å². The summed E-state index contributed by atoms with van der Waals surface area (Å²) in [6.07, 6.45) is 12.1. The smallest absolute Gasteiger partial charge is 0.0647 e. The van der Waals surface area contributed by atoms with E-state index in [4.69, 9.17) is 11.6 Å². The molecule has 0 aliphatic carbocycles. The first-order valence-corrected chi connectivity index (χ1v) is 8.72. The lowest BCUT2D eigenvalue weighted by Crippen LogP contribution is -1.98. The summed E-state index contributed by atoms with van der Waals surface area (Å²) in [5, 5.41) is 9.28. The topological polar surface area (TPSA) is 20.2 Å².